The summed E-state index contributed by atoms with van der Waals surface area (Å²) in [6.45, 7) is 5.73. The first-order valence-corrected chi connectivity index (χ1v) is 12.5. The molecule has 0 amide bonds. The van der Waals surface area contributed by atoms with Gasteiger partial charge in [-0.05, 0) is 31.4 Å². The van der Waals surface area contributed by atoms with Crippen molar-refractivity contribution in [3.8, 4) is 5.69 Å². The molecule has 0 saturated heterocycles. The maximum absolute atomic E-state index is 2.48. The number of imidazole rings is 1. The van der Waals surface area contributed by atoms with Crippen LogP contribution in [0.3, 0.4) is 0 Å². The largest absolute Gasteiger partial charge is 0.261 e. The molecule has 0 spiro atoms. The summed E-state index contributed by atoms with van der Waals surface area (Å²) in [5, 5.41) is 0. The van der Waals surface area contributed by atoms with Gasteiger partial charge in [-0.2, -0.15) is 4.57 Å². The van der Waals surface area contributed by atoms with Crippen molar-refractivity contribution in [2.24, 2.45) is 0 Å². The first-order chi connectivity index (χ1) is 14.4. The molecular weight excluding hydrogens is 352 g/mol. The van der Waals surface area contributed by atoms with E-state index < -0.39 is 0 Å². The molecule has 0 saturated carbocycles. The Hall–Kier alpha value is -1.57. The van der Waals surface area contributed by atoms with Crippen molar-refractivity contribution in [1.29, 1.82) is 0 Å². The maximum Gasteiger partial charge on any atom is 0.261 e. The van der Waals surface area contributed by atoms with Gasteiger partial charge in [0.25, 0.3) is 5.82 Å². The number of nitrogens with zero attached hydrogens (tertiary/aromatic N) is 2. The molecule has 0 N–H and O–H groups in total. The van der Waals surface area contributed by atoms with Crippen molar-refractivity contribution >= 4 is 0 Å². The number of aromatic nitrogens is 2. The zero-order valence-corrected chi connectivity index (χ0v) is 19.2. The Labute approximate surface area is 180 Å². The van der Waals surface area contributed by atoms with Crippen molar-refractivity contribution in [3.05, 3.63) is 48.5 Å². The third-order valence-corrected chi connectivity index (χ3v) is 6.02. The number of hydrogen-bond donors (Lipinski definition) is 0. The quantitative estimate of drug-likeness (QED) is 0.190. The van der Waals surface area contributed by atoms with Crippen LogP contribution in [0.15, 0.2) is 42.7 Å². The summed E-state index contributed by atoms with van der Waals surface area (Å²) in [6, 6.07) is 10.8. The van der Waals surface area contributed by atoms with Gasteiger partial charge in [-0.1, -0.05) is 103 Å². The van der Waals surface area contributed by atoms with Gasteiger partial charge in [0.1, 0.15) is 18.1 Å². The fourth-order valence-electron chi connectivity index (χ4n) is 4.27. The molecule has 0 atom stereocenters. The van der Waals surface area contributed by atoms with E-state index in [9.17, 15) is 0 Å². The van der Waals surface area contributed by atoms with Crippen LogP contribution in [0.25, 0.3) is 5.69 Å². The second-order valence-electron chi connectivity index (χ2n) is 8.61. The molecule has 2 aromatic rings. The zero-order valence-electron chi connectivity index (χ0n) is 19.2. The maximum atomic E-state index is 2.48. The second kappa shape index (κ2) is 15.3. The van der Waals surface area contributed by atoms with Gasteiger partial charge in [-0.3, -0.25) is 0 Å². The van der Waals surface area contributed by atoms with E-state index in [1.54, 1.807) is 0 Å². The minimum atomic E-state index is 1.14. The molecule has 1 heterocycles. The van der Waals surface area contributed by atoms with Gasteiger partial charge in [0.15, 0.2) is 0 Å². The third kappa shape index (κ3) is 9.19. The molecule has 1 aromatic heterocycles. The molecule has 0 aliphatic carbocycles. The zero-order chi connectivity index (χ0) is 20.6. The summed E-state index contributed by atoms with van der Waals surface area (Å²) in [4.78, 5) is 0. The van der Waals surface area contributed by atoms with E-state index in [2.05, 4.69) is 65.7 Å². The monoisotopic (exact) mass is 397 g/mol. The topological polar surface area (TPSA) is 8.81 Å². The Kier molecular flexibility index (Phi) is 12.5. The van der Waals surface area contributed by atoms with Gasteiger partial charge in [0.2, 0.25) is 0 Å². The van der Waals surface area contributed by atoms with Crippen LogP contribution >= 0.6 is 0 Å². The minimum Gasteiger partial charge on any atom is -0.234 e. The van der Waals surface area contributed by atoms with E-state index in [1.807, 2.05) is 0 Å². The standard InChI is InChI=1S/C27H45N2/c1-3-5-6-7-8-9-10-11-12-13-14-15-19-23-28-24-25-29(27(28)20-4-2)26-21-17-16-18-22-26/h16-18,21-22,24-25H,3-15,19-20,23H2,1-2H3/q+1. The molecular formula is C27H45N2+. The Morgan fingerprint density at radius 2 is 1.21 bits per heavy atom. The molecule has 0 aliphatic heterocycles. The molecule has 2 rings (SSSR count). The van der Waals surface area contributed by atoms with Crippen LogP contribution in [0.4, 0.5) is 0 Å². The number of aryl methyl sites for hydroxylation is 1. The molecule has 0 bridgehead atoms. The van der Waals surface area contributed by atoms with Gasteiger partial charge in [0.05, 0.1) is 6.54 Å². The van der Waals surface area contributed by atoms with E-state index in [0.29, 0.717) is 0 Å². The molecule has 2 nitrogen and oxygen atoms in total. The van der Waals surface area contributed by atoms with Crippen molar-refractivity contribution in [2.45, 2.75) is 117 Å². The van der Waals surface area contributed by atoms with Crippen LogP contribution in [-0.4, -0.2) is 4.57 Å². The predicted molar refractivity (Wildman–Crippen MR) is 126 cm³/mol. The normalized spacial score (nSPS) is 11.2. The molecule has 0 fully saturated rings. The smallest absolute Gasteiger partial charge is 0.234 e. The number of benzene rings is 1. The highest BCUT2D eigenvalue weighted by atomic mass is 15.1. The van der Waals surface area contributed by atoms with E-state index in [4.69, 9.17) is 0 Å². The van der Waals surface area contributed by atoms with Crippen LogP contribution < -0.4 is 4.57 Å². The second-order valence-corrected chi connectivity index (χ2v) is 8.61. The highest BCUT2D eigenvalue weighted by Crippen LogP contribution is 2.13. The summed E-state index contributed by atoms with van der Waals surface area (Å²) < 4.78 is 4.85. The van der Waals surface area contributed by atoms with Crippen LogP contribution in [0.1, 0.15) is 110 Å². The van der Waals surface area contributed by atoms with Gasteiger partial charge in [-0.15, -0.1) is 0 Å². The van der Waals surface area contributed by atoms with Gasteiger partial charge >= 0.3 is 0 Å². The van der Waals surface area contributed by atoms with E-state index >= 15 is 0 Å². The van der Waals surface area contributed by atoms with Crippen molar-refractivity contribution in [2.75, 3.05) is 0 Å². The molecule has 0 aliphatic rings. The lowest BCUT2D eigenvalue weighted by atomic mass is 10.0. The molecule has 1 aromatic carbocycles. The van der Waals surface area contributed by atoms with E-state index in [0.717, 1.165) is 13.0 Å². The van der Waals surface area contributed by atoms with Crippen LogP contribution in [0.5, 0.6) is 0 Å². The average Bonchev–Trinajstić information content (AvgIpc) is 3.15. The van der Waals surface area contributed by atoms with Gasteiger partial charge in [0, 0.05) is 6.42 Å². The highest BCUT2D eigenvalue weighted by Gasteiger charge is 2.17. The number of rotatable bonds is 17. The van der Waals surface area contributed by atoms with Crippen molar-refractivity contribution in [1.82, 2.24) is 4.57 Å². The van der Waals surface area contributed by atoms with Crippen LogP contribution in [-0.2, 0) is 13.0 Å². The predicted octanol–water partition coefficient (Wildman–Crippen LogP) is 7.81. The Morgan fingerprint density at radius 1 is 0.655 bits per heavy atom. The van der Waals surface area contributed by atoms with Crippen LogP contribution in [0, 0.1) is 0 Å². The average molecular weight is 398 g/mol. The summed E-state index contributed by atoms with van der Waals surface area (Å²) in [5.41, 5.74) is 1.28. The molecule has 29 heavy (non-hydrogen) atoms. The van der Waals surface area contributed by atoms with Crippen molar-refractivity contribution < 1.29 is 4.57 Å². The lowest BCUT2D eigenvalue weighted by Crippen LogP contribution is -2.37. The van der Waals surface area contributed by atoms with E-state index in [-0.39, 0.29) is 0 Å². The first-order valence-electron chi connectivity index (χ1n) is 12.5. The number of unbranched alkanes of at least 4 members (excludes halogenated alkanes) is 12. The van der Waals surface area contributed by atoms with Crippen molar-refractivity contribution in [3.63, 3.8) is 0 Å². The Bertz CT molecular complexity index is 629. The fraction of sp³-hybridized carbons (Fsp3) is 0.667. The highest BCUT2D eigenvalue weighted by molar-refractivity contribution is 5.31. The molecule has 2 heteroatoms. The van der Waals surface area contributed by atoms with E-state index in [1.165, 1.54) is 101 Å². The lowest BCUT2D eigenvalue weighted by Gasteiger charge is -2.05. The summed E-state index contributed by atoms with van der Waals surface area (Å²) in [5.74, 6) is 1.44. The van der Waals surface area contributed by atoms with Gasteiger partial charge < -0.3 is 0 Å². The number of para-hydroxylation sites is 1. The first kappa shape index (κ1) is 23.7. The molecule has 162 valence electrons. The minimum absolute atomic E-state index is 1.14. The molecule has 0 unspecified atom stereocenters. The summed E-state index contributed by atoms with van der Waals surface area (Å²) in [6.07, 6.45) is 25.3. The SMILES string of the molecule is CCCCCCCCCCCCCCC[n+]1ccn(-c2ccccc2)c1CCC. The summed E-state index contributed by atoms with van der Waals surface area (Å²) >= 11 is 0. The third-order valence-electron chi connectivity index (χ3n) is 6.02. The lowest BCUT2D eigenvalue weighted by molar-refractivity contribution is -0.704. The molecule has 0 radical (unpaired) electrons. The fourth-order valence-corrected chi connectivity index (χ4v) is 4.27. The van der Waals surface area contributed by atoms with Gasteiger partial charge in [-0.25, -0.2) is 4.57 Å². The van der Waals surface area contributed by atoms with Crippen LogP contribution in [0.2, 0.25) is 0 Å². The number of hydrogen-bond acceptors (Lipinski definition) is 0. The summed E-state index contributed by atoms with van der Waals surface area (Å²) in [7, 11) is 0. The Balaban J connectivity index is 1.58. The Morgan fingerprint density at radius 3 is 1.76 bits per heavy atom.